The summed E-state index contributed by atoms with van der Waals surface area (Å²) >= 11 is 7.82. The summed E-state index contributed by atoms with van der Waals surface area (Å²) in [7, 11) is 0. The average molecular weight is 288 g/mol. The fraction of sp³-hybridized carbons (Fsp3) is 0.571. The maximum Gasteiger partial charge on any atom is 0.127 e. The lowest BCUT2D eigenvalue weighted by atomic mass is 10.1. The highest BCUT2D eigenvalue weighted by atomic mass is 35.5. The highest BCUT2D eigenvalue weighted by Gasteiger charge is 2.32. The van der Waals surface area contributed by atoms with Crippen molar-refractivity contribution < 1.29 is 4.39 Å². The summed E-state index contributed by atoms with van der Waals surface area (Å²) in [6, 6.07) is 4.71. The number of hydrogen-bond donors (Lipinski definition) is 1. The Kier molecular flexibility index (Phi) is 4.93. The van der Waals surface area contributed by atoms with Crippen molar-refractivity contribution in [2.45, 2.75) is 37.0 Å². The molecule has 4 heteroatoms. The van der Waals surface area contributed by atoms with Crippen LogP contribution in [0.4, 0.5) is 4.39 Å². The van der Waals surface area contributed by atoms with Gasteiger partial charge in [-0.1, -0.05) is 24.4 Å². The number of halogens is 2. The van der Waals surface area contributed by atoms with Gasteiger partial charge >= 0.3 is 0 Å². The van der Waals surface area contributed by atoms with E-state index in [1.807, 2.05) is 11.8 Å². The van der Waals surface area contributed by atoms with Crippen LogP contribution in [0.2, 0.25) is 5.02 Å². The van der Waals surface area contributed by atoms with Gasteiger partial charge in [-0.2, -0.15) is 11.8 Å². The first-order chi connectivity index (χ1) is 8.65. The van der Waals surface area contributed by atoms with E-state index < -0.39 is 0 Å². The molecule has 0 radical (unpaired) electrons. The zero-order chi connectivity index (χ0) is 13.0. The molecule has 0 aliphatic heterocycles. The summed E-state index contributed by atoms with van der Waals surface area (Å²) in [4.78, 5) is 0. The van der Waals surface area contributed by atoms with E-state index >= 15 is 0 Å². The van der Waals surface area contributed by atoms with Crippen LogP contribution in [0, 0.1) is 5.82 Å². The molecule has 1 aromatic carbocycles. The zero-order valence-corrected chi connectivity index (χ0v) is 12.2. The summed E-state index contributed by atoms with van der Waals surface area (Å²) in [6.45, 7) is 1.49. The Morgan fingerprint density at radius 1 is 1.39 bits per heavy atom. The van der Waals surface area contributed by atoms with Gasteiger partial charge in [0.1, 0.15) is 5.82 Å². The minimum atomic E-state index is -0.184. The fourth-order valence-corrected chi connectivity index (χ4v) is 3.71. The van der Waals surface area contributed by atoms with Crippen LogP contribution in [-0.4, -0.2) is 17.5 Å². The van der Waals surface area contributed by atoms with Gasteiger partial charge in [-0.05, 0) is 37.3 Å². The number of rotatable bonds is 5. The number of hydrogen-bond acceptors (Lipinski definition) is 2. The van der Waals surface area contributed by atoms with Crippen molar-refractivity contribution in [3.63, 3.8) is 0 Å². The van der Waals surface area contributed by atoms with Gasteiger partial charge in [-0.15, -0.1) is 0 Å². The molecule has 1 aliphatic rings. The van der Waals surface area contributed by atoms with Gasteiger partial charge in [0.15, 0.2) is 0 Å². The van der Waals surface area contributed by atoms with Crippen LogP contribution in [0.15, 0.2) is 18.2 Å². The second-order valence-corrected chi connectivity index (χ2v) is 6.64. The number of nitrogens with one attached hydrogen (secondary N) is 1. The molecule has 0 unspecified atom stereocenters. The van der Waals surface area contributed by atoms with E-state index in [1.165, 1.54) is 31.7 Å². The Hall–Kier alpha value is -0.250. The van der Waals surface area contributed by atoms with Gasteiger partial charge < -0.3 is 5.32 Å². The van der Waals surface area contributed by atoms with Crippen molar-refractivity contribution in [1.82, 2.24) is 5.32 Å². The largest absolute Gasteiger partial charge is 0.311 e. The topological polar surface area (TPSA) is 12.0 Å². The lowest BCUT2D eigenvalue weighted by Gasteiger charge is -2.27. The van der Waals surface area contributed by atoms with Crippen LogP contribution in [-0.2, 0) is 6.54 Å². The summed E-state index contributed by atoms with van der Waals surface area (Å²) in [5.41, 5.74) is 0.650. The first kappa shape index (κ1) is 14.2. The Bertz CT molecular complexity index is 405. The van der Waals surface area contributed by atoms with E-state index in [2.05, 4.69) is 11.6 Å². The standard InChI is InChI=1S/C14H19ClFNS/c1-18-14(6-2-3-7-14)10-17-9-11-8-12(15)4-5-13(11)16/h4-5,8,17H,2-3,6-7,9-10H2,1H3. The number of thioether (sulfide) groups is 1. The minimum absolute atomic E-state index is 0.184. The monoisotopic (exact) mass is 287 g/mol. The SMILES string of the molecule is CSC1(CNCc2cc(Cl)ccc2F)CCCC1. The lowest BCUT2D eigenvalue weighted by Crippen LogP contribution is -2.34. The maximum atomic E-state index is 13.5. The minimum Gasteiger partial charge on any atom is -0.311 e. The quantitative estimate of drug-likeness (QED) is 0.869. The number of benzene rings is 1. The molecule has 18 heavy (non-hydrogen) atoms. The molecule has 1 aromatic rings. The Balaban J connectivity index is 1.89. The predicted molar refractivity (Wildman–Crippen MR) is 77.8 cm³/mol. The lowest BCUT2D eigenvalue weighted by molar-refractivity contribution is 0.521. The molecule has 100 valence electrons. The third kappa shape index (κ3) is 3.40. The van der Waals surface area contributed by atoms with Crippen LogP contribution in [0.5, 0.6) is 0 Å². The summed E-state index contributed by atoms with van der Waals surface area (Å²) in [5, 5.41) is 3.98. The van der Waals surface area contributed by atoms with Gasteiger partial charge in [0, 0.05) is 28.4 Å². The normalized spacial score (nSPS) is 18.2. The Morgan fingerprint density at radius 3 is 2.78 bits per heavy atom. The van der Waals surface area contributed by atoms with Crippen molar-refractivity contribution >= 4 is 23.4 Å². The van der Waals surface area contributed by atoms with Crippen molar-refractivity contribution in [2.24, 2.45) is 0 Å². The first-order valence-electron chi connectivity index (χ1n) is 6.35. The fourth-order valence-electron chi connectivity index (χ4n) is 2.58. The molecule has 0 bridgehead atoms. The van der Waals surface area contributed by atoms with E-state index in [4.69, 9.17) is 11.6 Å². The van der Waals surface area contributed by atoms with Gasteiger partial charge in [0.2, 0.25) is 0 Å². The molecule has 0 aromatic heterocycles. The van der Waals surface area contributed by atoms with Crippen LogP contribution in [0.1, 0.15) is 31.2 Å². The first-order valence-corrected chi connectivity index (χ1v) is 7.95. The molecular weight excluding hydrogens is 269 g/mol. The van der Waals surface area contributed by atoms with Crippen LogP contribution >= 0.6 is 23.4 Å². The summed E-state index contributed by atoms with van der Waals surface area (Å²) < 4.78 is 13.9. The molecule has 0 spiro atoms. The highest BCUT2D eigenvalue weighted by molar-refractivity contribution is 8.00. The summed E-state index contributed by atoms with van der Waals surface area (Å²) in [6.07, 6.45) is 7.33. The van der Waals surface area contributed by atoms with E-state index in [-0.39, 0.29) is 5.82 Å². The van der Waals surface area contributed by atoms with Crippen LogP contribution in [0.3, 0.4) is 0 Å². The average Bonchev–Trinajstić information content (AvgIpc) is 2.83. The van der Waals surface area contributed by atoms with Crippen molar-refractivity contribution in [3.05, 3.63) is 34.6 Å². The van der Waals surface area contributed by atoms with E-state index in [0.29, 0.717) is 21.9 Å². The molecule has 2 rings (SSSR count). The molecular formula is C14H19ClFNS. The van der Waals surface area contributed by atoms with Gasteiger partial charge in [0.25, 0.3) is 0 Å². The molecule has 1 N–H and O–H groups in total. The third-order valence-electron chi connectivity index (χ3n) is 3.72. The van der Waals surface area contributed by atoms with Gasteiger partial charge in [-0.3, -0.25) is 0 Å². The molecule has 1 saturated carbocycles. The highest BCUT2D eigenvalue weighted by Crippen LogP contribution is 2.39. The van der Waals surface area contributed by atoms with Crippen molar-refractivity contribution in [1.29, 1.82) is 0 Å². The molecule has 0 amide bonds. The second-order valence-electron chi connectivity index (χ2n) is 4.93. The smallest absolute Gasteiger partial charge is 0.127 e. The molecule has 1 nitrogen and oxygen atoms in total. The van der Waals surface area contributed by atoms with E-state index in [9.17, 15) is 4.39 Å². The maximum absolute atomic E-state index is 13.5. The van der Waals surface area contributed by atoms with E-state index in [1.54, 1.807) is 12.1 Å². The molecule has 0 atom stereocenters. The molecule has 1 fully saturated rings. The molecule has 1 aliphatic carbocycles. The van der Waals surface area contributed by atoms with Crippen LogP contribution in [0.25, 0.3) is 0 Å². The molecule has 0 saturated heterocycles. The Morgan fingerprint density at radius 2 is 2.11 bits per heavy atom. The third-order valence-corrected chi connectivity index (χ3v) is 5.37. The molecule has 0 heterocycles. The zero-order valence-electron chi connectivity index (χ0n) is 10.6. The van der Waals surface area contributed by atoms with Crippen LogP contribution < -0.4 is 5.32 Å². The van der Waals surface area contributed by atoms with E-state index in [0.717, 1.165) is 6.54 Å². The second kappa shape index (κ2) is 6.27. The summed E-state index contributed by atoms with van der Waals surface area (Å²) in [5.74, 6) is -0.184. The van der Waals surface area contributed by atoms with Gasteiger partial charge in [0.05, 0.1) is 0 Å². The van der Waals surface area contributed by atoms with Crippen molar-refractivity contribution in [2.75, 3.05) is 12.8 Å². The van der Waals surface area contributed by atoms with Gasteiger partial charge in [-0.25, -0.2) is 4.39 Å². The van der Waals surface area contributed by atoms with Crippen molar-refractivity contribution in [3.8, 4) is 0 Å². The predicted octanol–water partition coefficient (Wildman–Crippen LogP) is 4.24. The Labute approximate surface area is 117 Å².